The molecule has 1 unspecified atom stereocenters. The molecule has 144 valence electrons. The number of Topliss-reactive ketones (excluding diaryl/α,β-unsaturated/α-hetero) is 1. The maximum atomic E-state index is 12.5. The predicted molar refractivity (Wildman–Crippen MR) is 111 cm³/mol. The molecule has 1 aromatic carbocycles. The molecule has 0 bridgehead atoms. The predicted octanol–water partition coefficient (Wildman–Crippen LogP) is 6.44. The van der Waals surface area contributed by atoms with Gasteiger partial charge < -0.3 is 5.32 Å². The van der Waals surface area contributed by atoms with Gasteiger partial charge in [0.1, 0.15) is 5.78 Å². The molecule has 1 N–H and O–H groups in total. The van der Waals surface area contributed by atoms with Gasteiger partial charge in [0.2, 0.25) is 0 Å². The maximum absolute atomic E-state index is 12.5. The molecule has 0 aliphatic rings. The molecule has 0 saturated carbocycles. The van der Waals surface area contributed by atoms with Crippen LogP contribution in [0.5, 0.6) is 0 Å². The molecule has 1 aromatic rings. The standard InChI is InChI=1S/C21H35NO.C2H6/c1-19(2,3)16-12-10-15(11-13-16)17(22-21(7,8)9)14-18(23)20(4,5)6;1-2/h10-13,17,22H,14H2,1-9H3;1-2H3. The quantitative estimate of drug-likeness (QED) is 0.678. The van der Waals surface area contributed by atoms with E-state index in [4.69, 9.17) is 0 Å². The molecule has 2 heteroatoms. The van der Waals surface area contributed by atoms with Crippen molar-refractivity contribution in [3.05, 3.63) is 35.4 Å². The normalized spacial score (nSPS) is 13.7. The first-order valence-electron chi connectivity index (χ1n) is 9.61. The molecule has 0 fully saturated rings. The number of nitrogens with one attached hydrogen (secondary N) is 1. The van der Waals surface area contributed by atoms with E-state index in [1.807, 2.05) is 34.6 Å². The lowest BCUT2D eigenvalue weighted by Crippen LogP contribution is -2.40. The lowest BCUT2D eigenvalue weighted by Gasteiger charge is -2.31. The van der Waals surface area contributed by atoms with Crippen molar-refractivity contribution >= 4 is 5.78 Å². The molecule has 25 heavy (non-hydrogen) atoms. The van der Waals surface area contributed by atoms with Crippen LogP contribution < -0.4 is 5.32 Å². The van der Waals surface area contributed by atoms with E-state index in [2.05, 4.69) is 71.1 Å². The smallest absolute Gasteiger partial charge is 0.140 e. The lowest BCUT2D eigenvalue weighted by molar-refractivity contribution is -0.126. The average molecular weight is 348 g/mol. The minimum absolute atomic E-state index is 0.0362. The number of ketones is 1. The summed E-state index contributed by atoms with van der Waals surface area (Å²) in [6, 6.07) is 8.76. The van der Waals surface area contributed by atoms with Crippen LogP contribution in [0.15, 0.2) is 24.3 Å². The number of hydrogen-bond acceptors (Lipinski definition) is 2. The van der Waals surface area contributed by atoms with Crippen LogP contribution in [0.4, 0.5) is 0 Å². The van der Waals surface area contributed by atoms with Crippen molar-refractivity contribution in [3.8, 4) is 0 Å². The second kappa shape index (κ2) is 8.98. The summed E-state index contributed by atoms with van der Waals surface area (Å²) in [5.41, 5.74) is 2.31. The fraction of sp³-hybridized carbons (Fsp3) is 0.696. The summed E-state index contributed by atoms with van der Waals surface area (Å²) in [6.45, 7) is 23.1. The van der Waals surface area contributed by atoms with E-state index in [0.717, 1.165) is 0 Å². The number of rotatable bonds is 4. The maximum Gasteiger partial charge on any atom is 0.140 e. The van der Waals surface area contributed by atoms with E-state index < -0.39 is 0 Å². The Hall–Kier alpha value is -1.15. The molecular formula is C23H41NO. The molecule has 0 aliphatic heterocycles. The topological polar surface area (TPSA) is 29.1 Å². The Balaban J connectivity index is 0.00000277. The van der Waals surface area contributed by atoms with E-state index in [9.17, 15) is 4.79 Å². The van der Waals surface area contributed by atoms with Crippen LogP contribution in [0.3, 0.4) is 0 Å². The van der Waals surface area contributed by atoms with Crippen molar-refractivity contribution in [1.82, 2.24) is 5.32 Å². The van der Waals surface area contributed by atoms with Crippen LogP contribution in [0.25, 0.3) is 0 Å². The number of benzene rings is 1. The number of hydrogen-bond donors (Lipinski definition) is 1. The van der Waals surface area contributed by atoms with Crippen LogP contribution in [-0.2, 0) is 10.2 Å². The van der Waals surface area contributed by atoms with E-state index in [1.54, 1.807) is 0 Å². The van der Waals surface area contributed by atoms with Crippen LogP contribution in [0, 0.1) is 5.41 Å². The monoisotopic (exact) mass is 347 g/mol. The van der Waals surface area contributed by atoms with Gasteiger partial charge in [0.25, 0.3) is 0 Å². The van der Waals surface area contributed by atoms with Crippen LogP contribution in [0.2, 0.25) is 0 Å². The third-order valence-corrected chi connectivity index (χ3v) is 4.01. The van der Waals surface area contributed by atoms with Crippen molar-refractivity contribution < 1.29 is 4.79 Å². The highest BCUT2D eigenvalue weighted by Crippen LogP contribution is 2.28. The first kappa shape index (κ1) is 23.9. The summed E-state index contributed by atoms with van der Waals surface area (Å²) in [4.78, 5) is 12.5. The van der Waals surface area contributed by atoms with Gasteiger partial charge >= 0.3 is 0 Å². The van der Waals surface area contributed by atoms with Gasteiger partial charge in [-0.25, -0.2) is 0 Å². The van der Waals surface area contributed by atoms with Gasteiger partial charge in [-0.15, -0.1) is 0 Å². The summed E-state index contributed by atoms with van der Waals surface area (Å²) < 4.78 is 0. The lowest BCUT2D eigenvalue weighted by atomic mass is 9.83. The fourth-order valence-corrected chi connectivity index (χ4v) is 2.48. The molecule has 0 aromatic heterocycles. The Morgan fingerprint density at radius 1 is 0.880 bits per heavy atom. The third kappa shape index (κ3) is 8.67. The minimum Gasteiger partial charge on any atom is -0.305 e. The zero-order valence-corrected chi connectivity index (χ0v) is 18.5. The van der Waals surface area contributed by atoms with Crippen molar-refractivity contribution in [2.24, 2.45) is 5.41 Å². The summed E-state index contributed by atoms with van der Waals surface area (Å²) in [7, 11) is 0. The Morgan fingerprint density at radius 3 is 1.64 bits per heavy atom. The molecule has 0 amide bonds. The van der Waals surface area contributed by atoms with Gasteiger partial charge in [0.15, 0.2) is 0 Å². The highest BCUT2D eigenvalue weighted by atomic mass is 16.1. The molecule has 0 saturated heterocycles. The van der Waals surface area contributed by atoms with E-state index in [-0.39, 0.29) is 22.4 Å². The molecule has 0 heterocycles. The zero-order chi connectivity index (χ0) is 20.1. The summed E-state index contributed by atoms with van der Waals surface area (Å²) in [6.07, 6.45) is 0.523. The number of carbonyl (C=O) groups is 1. The van der Waals surface area contributed by atoms with Crippen molar-refractivity contribution in [2.75, 3.05) is 0 Å². The summed E-state index contributed by atoms with van der Waals surface area (Å²) in [5, 5.41) is 3.61. The Kier molecular flexibility index (Phi) is 8.57. The second-order valence-electron chi connectivity index (χ2n) is 9.70. The van der Waals surface area contributed by atoms with Crippen LogP contribution in [0.1, 0.15) is 99.8 Å². The van der Waals surface area contributed by atoms with E-state index in [0.29, 0.717) is 12.2 Å². The Labute approximate surface area is 156 Å². The Morgan fingerprint density at radius 2 is 1.32 bits per heavy atom. The van der Waals surface area contributed by atoms with Crippen LogP contribution >= 0.6 is 0 Å². The summed E-state index contributed by atoms with van der Waals surface area (Å²) in [5.74, 6) is 0.291. The molecule has 0 aliphatic carbocycles. The van der Waals surface area contributed by atoms with Gasteiger partial charge in [-0.3, -0.25) is 4.79 Å². The molecule has 0 radical (unpaired) electrons. The number of carbonyl (C=O) groups excluding carboxylic acids is 1. The van der Waals surface area contributed by atoms with E-state index in [1.165, 1.54) is 11.1 Å². The van der Waals surface area contributed by atoms with Crippen molar-refractivity contribution in [3.63, 3.8) is 0 Å². The van der Waals surface area contributed by atoms with Gasteiger partial charge in [-0.05, 0) is 37.3 Å². The van der Waals surface area contributed by atoms with Gasteiger partial charge in [-0.2, -0.15) is 0 Å². The Bertz CT molecular complexity index is 521. The first-order valence-corrected chi connectivity index (χ1v) is 9.61. The van der Waals surface area contributed by atoms with Crippen LogP contribution in [-0.4, -0.2) is 11.3 Å². The highest BCUT2D eigenvalue weighted by molar-refractivity contribution is 5.84. The SMILES string of the molecule is CC.CC(C)(C)NC(CC(=O)C(C)(C)C)c1ccc(C(C)(C)C)cc1. The van der Waals surface area contributed by atoms with Gasteiger partial charge in [0.05, 0.1) is 0 Å². The minimum atomic E-state index is -0.302. The molecular weight excluding hydrogens is 306 g/mol. The second-order valence-corrected chi connectivity index (χ2v) is 9.70. The summed E-state index contributed by atoms with van der Waals surface area (Å²) >= 11 is 0. The highest BCUT2D eigenvalue weighted by Gasteiger charge is 2.28. The molecule has 0 spiro atoms. The third-order valence-electron chi connectivity index (χ3n) is 4.01. The average Bonchev–Trinajstić information content (AvgIpc) is 2.45. The first-order chi connectivity index (χ1) is 11.2. The molecule has 2 nitrogen and oxygen atoms in total. The molecule has 1 atom stereocenters. The van der Waals surface area contributed by atoms with Gasteiger partial charge in [-0.1, -0.05) is 79.7 Å². The molecule has 1 rings (SSSR count). The van der Waals surface area contributed by atoms with E-state index >= 15 is 0 Å². The van der Waals surface area contributed by atoms with Crippen molar-refractivity contribution in [2.45, 2.75) is 99.6 Å². The van der Waals surface area contributed by atoms with Crippen molar-refractivity contribution in [1.29, 1.82) is 0 Å². The van der Waals surface area contributed by atoms with Gasteiger partial charge in [0, 0.05) is 23.4 Å². The largest absolute Gasteiger partial charge is 0.305 e. The fourth-order valence-electron chi connectivity index (χ4n) is 2.48. The zero-order valence-electron chi connectivity index (χ0n) is 18.5.